The Hall–Kier alpha value is -0.280. The maximum Gasteiger partial charge on any atom is 0.403 e. The van der Waals surface area contributed by atoms with Gasteiger partial charge in [0.25, 0.3) is 0 Å². The normalized spacial score (nSPS) is 12.6. The summed E-state index contributed by atoms with van der Waals surface area (Å²) in [6, 6.07) is 0. The van der Waals surface area contributed by atoms with Crippen LogP contribution in [0.2, 0.25) is 0 Å². The first-order valence-electron chi connectivity index (χ1n) is 4.10. The van der Waals surface area contributed by atoms with Crippen molar-refractivity contribution in [2.75, 3.05) is 13.2 Å². The quantitative estimate of drug-likeness (QED) is 0.482. The minimum atomic E-state index is -0.777. The van der Waals surface area contributed by atoms with Gasteiger partial charge in [0.1, 0.15) is 6.61 Å². The van der Waals surface area contributed by atoms with Crippen molar-refractivity contribution in [1.29, 1.82) is 0 Å². The molecule has 1 atom stereocenters. The molecule has 1 unspecified atom stereocenters. The van der Waals surface area contributed by atoms with Crippen molar-refractivity contribution in [2.45, 2.75) is 32.8 Å². The van der Waals surface area contributed by atoms with Crippen LogP contribution in [0.3, 0.4) is 0 Å². The topological polar surface area (TPSA) is 35.5 Å². The molecule has 0 aromatic rings. The van der Waals surface area contributed by atoms with Crippen molar-refractivity contribution >= 4 is 17.0 Å². The Labute approximate surface area is 78.0 Å². The van der Waals surface area contributed by atoms with Gasteiger partial charge in [0.05, 0.1) is 6.10 Å². The molecule has 0 rings (SSSR count). The molecule has 3 nitrogen and oxygen atoms in total. The fraction of sp³-hybridized carbons (Fsp3) is 0.875. The Morgan fingerprint density at radius 1 is 1.58 bits per heavy atom. The molecule has 0 fully saturated rings. The van der Waals surface area contributed by atoms with Gasteiger partial charge >= 0.3 is 5.43 Å². The molecule has 72 valence electrons. The summed E-state index contributed by atoms with van der Waals surface area (Å²) in [5.74, 6) is 0. The zero-order chi connectivity index (χ0) is 9.40. The maximum atomic E-state index is 10.2. The molecule has 0 N–H and O–H groups in total. The van der Waals surface area contributed by atoms with E-state index in [1.54, 1.807) is 0 Å². The van der Waals surface area contributed by atoms with Crippen molar-refractivity contribution in [3.8, 4) is 0 Å². The van der Waals surface area contributed by atoms with Gasteiger partial charge in [-0.05, 0) is 13.3 Å². The van der Waals surface area contributed by atoms with Gasteiger partial charge in [-0.1, -0.05) is 13.3 Å². The molecule has 0 heterocycles. The van der Waals surface area contributed by atoms with Crippen molar-refractivity contribution < 1.29 is 14.3 Å². The van der Waals surface area contributed by atoms with Gasteiger partial charge in [-0.25, -0.2) is 4.79 Å². The summed E-state index contributed by atoms with van der Waals surface area (Å²) >= 11 is 4.97. The molecule has 0 saturated heterocycles. The van der Waals surface area contributed by atoms with Gasteiger partial charge in [-0.15, -0.1) is 0 Å². The van der Waals surface area contributed by atoms with E-state index in [2.05, 4.69) is 11.7 Å². The van der Waals surface area contributed by atoms with E-state index in [1.807, 2.05) is 6.92 Å². The first-order chi connectivity index (χ1) is 5.66. The SMILES string of the molecule is CCCCOC(C)COC(=O)Cl. The average Bonchev–Trinajstić information content (AvgIpc) is 2.01. The summed E-state index contributed by atoms with van der Waals surface area (Å²) in [7, 11) is 0. The predicted octanol–water partition coefficient (Wildman–Crippen LogP) is 2.57. The fourth-order valence-corrected chi connectivity index (χ4v) is 0.723. The van der Waals surface area contributed by atoms with Crippen molar-refractivity contribution in [2.24, 2.45) is 0 Å². The largest absolute Gasteiger partial charge is 0.451 e. The van der Waals surface area contributed by atoms with E-state index in [4.69, 9.17) is 16.3 Å². The summed E-state index contributed by atoms with van der Waals surface area (Å²) in [6.45, 7) is 4.87. The van der Waals surface area contributed by atoms with E-state index in [0.29, 0.717) is 6.61 Å². The third-order valence-corrected chi connectivity index (χ3v) is 1.44. The Kier molecular flexibility index (Phi) is 7.20. The monoisotopic (exact) mass is 194 g/mol. The Bertz CT molecular complexity index is 127. The number of carbonyl (C=O) groups excluding carboxylic acids is 1. The fourth-order valence-electron chi connectivity index (χ4n) is 0.660. The highest BCUT2D eigenvalue weighted by Gasteiger charge is 2.04. The molecule has 0 aliphatic rings. The standard InChI is InChI=1S/C8H15ClO3/c1-3-4-5-11-7(2)6-12-8(9)10/h7H,3-6H2,1-2H3. The molecular weight excluding hydrogens is 180 g/mol. The van der Waals surface area contributed by atoms with Crippen molar-refractivity contribution in [3.05, 3.63) is 0 Å². The minimum Gasteiger partial charge on any atom is -0.451 e. The van der Waals surface area contributed by atoms with Crippen LogP contribution in [0.4, 0.5) is 4.79 Å². The molecule has 0 radical (unpaired) electrons. The highest BCUT2D eigenvalue weighted by Crippen LogP contribution is 1.97. The molecule has 0 saturated carbocycles. The lowest BCUT2D eigenvalue weighted by molar-refractivity contribution is 0.0200. The molecule has 4 heteroatoms. The highest BCUT2D eigenvalue weighted by molar-refractivity contribution is 6.61. The lowest BCUT2D eigenvalue weighted by Crippen LogP contribution is -2.17. The second-order valence-corrected chi connectivity index (χ2v) is 2.89. The van der Waals surface area contributed by atoms with E-state index in [1.165, 1.54) is 0 Å². The summed E-state index contributed by atoms with van der Waals surface area (Å²) in [6.07, 6.45) is 2.06. The van der Waals surface area contributed by atoms with Crippen LogP contribution < -0.4 is 0 Å². The molecule has 0 aromatic heterocycles. The number of carbonyl (C=O) groups is 1. The molecule has 0 spiro atoms. The summed E-state index contributed by atoms with van der Waals surface area (Å²) < 4.78 is 9.83. The van der Waals surface area contributed by atoms with Crippen LogP contribution in [0.25, 0.3) is 0 Å². The number of halogens is 1. The van der Waals surface area contributed by atoms with Crippen LogP contribution in [0, 0.1) is 0 Å². The third-order valence-electron chi connectivity index (χ3n) is 1.33. The van der Waals surface area contributed by atoms with Crippen LogP contribution in [0.5, 0.6) is 0 Å². The number of rotatable bonds is 6. The summed E-state index contributed by atoms with van der Waals surface area (Å²) in [5, 5.41) is 0. The molecule has 0 bridgehead atoms. The van der Waals surface area contributed by atoms with E-state index >= 15 is 0 Å². The van der Waals surface area contributed by atoms with Gasteiger partial charge in [0.15, 0.2) is 0 Å². The first-order valence-corrected chi connectivity index (χ1v) is 4.48. The van der Waals surface area contributed by atoms with Crippen molar-refractivity contribution in [1.82, 2.24) is 0 Å². The average molecular weight is 195 g/mol. The highest BCUT2D eigenvalue weighted by atomic mass is 35.5. The second-order valence-electron chi connectivity index (χ2n) is 2.58. The Balaban J connectivity index is 3.21. The lowest BCUT2D eigenvalue weighted by atomic mass is 10.3. The number of hydrogen-bond acceptors (Lipinski definition) is 3. The first kappa shape index (κ1) is 11.7. The zero-order valence-electron chi connectivity index (χ0n) is 7.51. The molecule has 0 amide bonds. The van der Waals surface area contributed by atoms with Gasteiger partial charge in [-0.3, -0.25) is 0 Å². The minimum absolute atomic E-state index is 0.0701. The Morgan fingerprint density at radius 2 is 2.25 bits per heavy atom. The number of ether oxygens (including phenoxy) is 2. The number of hydrogen-bond donors (Lipinski definition) is 0. The summed E-state index contributed by atoms with van der Waals surface area (Å²) in [4.78, 5) is 10.2. The predicted molar refractivity (Wildman–Crippen MR) is 47.5 cm³/mol. The maximum absolute atomic E-state index is 10.2. The number of unbranched alkanes of at least 4 members (excludes halogenated alkanes) is 1. The molecule has 0 aromatic carbocycles. The lowest BCUT2D eigenvalue weighted by Gasteiger charge is -2.11. The van der Waals surface area contributed by atoms with E-state index < -0.39 is 5.43 Å². The molecule has 12 heavy (non-hydrogen) atoms. The summed E-state index contributed by atoms with van der Waals surface area (Å²) in [5.41, 5.74) is -0.777. The molecular formula is C8H15ClO3. The van der Waals surface area contributed by atoms with Gasteiger partial charge in [0.2, 0.25) is 0 Å². The molecule has 0 aliphatic heterocycles. The van der Waals surface area contributed by atoms with Crippen LogP contribution in [0.15, 0.2) is 0 Å². The van der Waals surface area contributed by atoms with Crippen LogP contribution in [-0.2, 0) is 9.47 Å². The zero-order valence-corrected chi connectivity index (χ0v) is 8.26. The van der Waals surface area contributed by atoms with Crippen LogP contribution in [0.1, 0.15) is 26.7 Å². The van der Waals surface area contributed by atoms with Crippen LogP contribution >= 0.6 is 11.6 Å². The third kappa shape index (κ3) is 7.82. The van der Waals surface area contributed by atoms with E-state index in [0.717, 1.165) is 12.8 Å². The van der Waals surface area contributed by atoms with Crippen LogP contribution in [-0.4, -0.2) is 24.7 Å². The molecule has 0 aliphatic carbocycles. The van der Waals surface area contributed by atoms with E-state index in [-0.39, 0.29) is 12.7 Å². The van der Waals surface area contributed by atoms with E-state index in [9.17, 15) is 4.79 Å². The Morgan fingerprint density at radius 3 is 2.75 bits per heavy atom. The van der Waals surface area contributed by atoms with Gasteiger partial charge in [-0.2, -0.15) is 0 Å². The van der Waals surface area contributed by atoms with Crippen molar-refractivity contribution in [3.63, 3.8) is 0 Å². The second kappa shape index (κ2) is 7.37. The van der Waals surface area contributed by atoms with Gasteiger partial charge < -0.3 is 9.47 Å². The van der Waals surface area contributed by atoms with Gasteiger partial charge in [0, 0.05) is 18.2 Å². The smallest absolute Gasteiger partial charge is 0.403 e.